The molecule has 0 radical (unpaired) electrons. The smallest absolute Gasteiger partial charge is 0.279 e. The molecule has 0 aliphatic carbocycles. The molecule has 0 saturated heterocycles. The molecule has 0 N–H and O–H groups in total. The Kier molecular flexibility index (Phi) is 7.48. The Balaban J connectivity index is 1.44. The Morgan fingerprint density at radius 2 is 0.826 bits per heavy atom. The molecule has 0 unspecified atom stereocenters. The van der Waals surface area contributed by atoms with Gasteiger partial charge in [0.1, 0.15) is 11.3 Å². The van der Waals surface area contributed by atoms with E-state index in [1.807, 2.05) is 66.7 Å². The molecule has 0 amide bonds. The fourth-order valence-corrected chi connectivity index (χ4v) is 9.09. The van der Waals surface area contributed by atoms with Crippen LogP contribution >= 0.6 is 0 Å². The third kappa shape index (κ3) is 5.25. The summed E-state index contributed by atoms with van der Waals surface area (Å²) in [4.78, 5) is 4.36. The van der Waals surface area contributed by atoms with Gasteiger partial charge in [-0.1, -0.05) is 121 Å². The number of anilines is 1. The van der Waals surface area contributed by atoms with Gasteiger partial charge >= 0.3 is 0 Å². The van der Waals surface area contributed by atoms with E-state index < -0.39 is 20.0 Å². The number of fused-ring (bicyclic) bond motifs is 1. The Labute approximate surface area is 267 Å². The van der Waals surface area contributed by atoms with E-state index in [-0.39, 0.29) is 21.3 Å². The molecular weight excluding hydrogens is 615 g/mol. The summed E-state index contributed by atoms with van der Waals surface area (Å²) in [5.74, 6) is -0.110. The Morgan fingerprint density at radius 3 is 1.28 bits per heavy atom. The summed E-state index contributed by atoms with van der Waals surface area (Å²) < 4.78 is 60.9. The van der Waals surface area contributed by atoms with Crippen molar-refractivity contribution >= 4 is 31.5 Å². The van der Waals surface area contributed by atoms with Crippen molar-refractivity contribution in [1.29, 1.82) is 0 Å². The predicted molar refractivity (Wildman–Crippen MR) is 181 cm³/mol. The van der Waals surface area contributed by atoms with Crippen LogP contribution in [0.25, 0.3) is 39.2 Å². The highest BCUT2D eigenvalue weighted by molar-refractivity contribution is 8.10. The van der Waals surface area contributed by atoms with Gasteiger partial charge in [0.2, 0.25) is 0 Å². The molecular formula is C37H27N3O4S2. The van der Waals surface area contributed by atoms with Crippen LogP contribution in [0.15, 0.2) is 174 Å². The van der Waals surface area contributed by atoms with Gasteiger partial charge in [0, 0.05) is 11.8 Å². The minimum Gasteiger partial charge on any atom is -0.284 e. The van der Waals surface area contributed by atoms with Crippen molar-refractivity contribution in [2.75, 3.05) is 3.71 Å². The van der Waals surface area contributed by atoms with Gasteiger partial charge in [-0.15, -0.1) is 3.71 Å². The summed E-state index contributed by atoms with van der Waals surface area (Å²) in [6, 6.07) is 45.6. The van der Waals surface area contributed by atoms with Crippen molar-refractivity contribution in [3.63, 3.8) is 0 Å². The maximum Gasteiger partial charge on any atom is 0.279 e. The first kappa shape index (κ1) is 29.2. The zero-order valence-corrected chi connectivity index (χ0v) is 26.0. The van der Waals surface area contributed by atoms with E-state index >= 15 is 0 Å². The lowest BCUT2D eigenvalue weighted by molar-refractivity contribution is 0.583. The van der Waals surface area contributed by atoms with Crippen molar-refractivity contribution in [2.24, 2.45) is 0 Å². The number of imidazole rings is 1. The molecule has 2 aromatic heterocycles. The summed E-state index contributed by atoms with van der Waals surface area (Å²) in [7, 11) is -9.46. The topological polar surface area (TPSA) is 88.8 Å². The van der Waals surface area contributed by atoms with Crippen molar-refractivity contribution in [3.8, 4) is 33.5 Å². The molecule has 226 valence electrons. The summed E-state index contributed by atoms with van der Waals surface area (Å²) in [6.07, 6.45) is 1.61. The van der Waals surface area contributed by atoms with E-state index in [0.29, 0.717) is 14.9 Å². The van der Waals surface area contributed by atoms with E-state index in [4.69, 9.17) is 4.98 Å². The maximum atomic E-state index is 14.7. The molecule has 46 heavy (non-hydrogen) atoms. The highest BCUT2D eigenvalue weighted by Gasteiger charge is 2.41. The van der Waals surface area contributed by atoms with Crippen LogP contribution < -0.4 is 3.71 Å². The number of hydrogen-bond donors (Lipinski definition) is 0. The SMILES string of the molecule is O=S(=O)(c1ccc(-c2ccccc2)cc1)N(c1c(-c2ccccc2)nc2ccccn12)S(=O)(=O)c1ccc(-c2ccccc2)cc1. The molecule has 0 spiro atoms. The van der Waals surface area contributed by atoms with Crippen molar-refractivity contribution in [2.45, 2.75) is 9.79 Å². The minimum absolute atomic E-state index is 0.110. The van der Waals surface area contributed by atoms with Crippen molar-refractivity contribution < 1.29 is 16.8 Å². The largest absolute Gasteiger partial charge is 0.284 e. The molecule has 0 aliphatic rings. The molecule has 7 rings (SSSR count). The van der Waals surface area contributed by atoms with Crippen molar-refractivity contribution in [3.05, 3.63) is 164 Å². The normalized spacial score (nSPS) is 11.8. The summed E-state index contributed by atoms with van der Waals surface area (Å²) in [6.45, 7) is 0. The van der Waals surface area contributed by atoms with Crippen LogP contribution in [0.3, 0.4) is 0 Å². The van der Waals surface area contributed by atoms with Crippen LogP contribution in [0.5, 0.6) is 0 Å². The van der Waals surface area contributed by atoms with Gasteiger partial charge in [0.25, 0.3) is 20.0 Å². The van der Waals surface area contributed by atoms with Gasteiger partial charge in [-0.2, -0.15) is 16.8 Å². The van der Waals surface area contributed by atoms with Gasteiger partial charge in [0.05, 0.1) is 9.79 Å². The zero-order valence-electron chi connectivity index (χ0n) is 24.4. The second-order valence-corrected chi connectivity index (χ2v) is 14.4. The summed E-state index contributed by atoms with van der Waals surface area (Å²) >= 11 is 0. The Bertz CT molecular complexity index is 2250. The van der Waals surface area contributed by atoms with Crippen LogP contribution in [0.1, 0.15) is 0 Å². The standard InChI is InChI=1S/C37H27N3O4S2/c41-45(42,33-23-19-30(20-24-33)28-12-4-1-5-13-28)40(46(43,44)34-25-21-31(22-26-34)29-14-6-2-7-15-29)37-36(32-16-8-3-9-17-32)38-35-18-10-11-27-39(35)37/h1-27H. The van der Waals surface area contributed by atoms with Gasteiger partial charge in [0.15, 0.2) is 5.82 Å². The second-order valence-electron chi connectivity index (χ2n) is 10.6. The van der Waals surface area contributed by atoms with E-state index in [9.17, 15) is 16.8 Å². The Hall–Kier alpha value is -5.51. The molecule has 0 saturated carbocycles. The third-order valence-corrected chi connectivity index (χ3v) is 11.8. The lowest BCUT2D eigenvalue weighted by Crippen LogP contribution is -2.38. The average molecular weight is 642 g/mol. The number of rotatable bonds is 8. The number of hydrogen-bond acceptors (Lipinski definition) is 5. The van der Waals surface area contributed by atoms with Crippen LogP contribution in [0.4, 0.5) is 5.82 Å². The lowest BCUT2D eigenvalue weighted by atomic mass is 10.1. The molecule has 0 atom stereocenters. The monoisotopic (exact) mass is 641 g/mol. The first-order chi connectivity index (χ1) is 22.3. The number of nitrogens with zero attached hydrogens (tertiary/aromatic N) is 3. The predicted octanol–water partition coefficient (Wildman–Crippen LogP) is 7.92. The molecule has 5 aromatic carbocycles. The van der Waals surface area contributed by atoms with Crippen LogP contribution in [0.2, 0.25) is 0 Å². The van der Waals surface area contributed by atoms with E-state index in [0.717, 1.165) is 22.3 Å². The highest BCUT2D eigenvalue weighted by atomic mass is 32.3. The number of benzene rings is 5. The molecule has 0 fully saturated rings. The average Bonchev–Trinajstić information content (AvgIpc) is 3.48. The van der Waals surface area contributed by atoms with Crippen LogP contribution in [-0.2, 0) is 20.0 Å². The maximum absolute atomic E-state index is 14.7. The summed E-state index contributed by atoms with van der Waals surface area (Å²) in [5.41, 5.74) is 4.57. The lowest BCUT2D eigenvalue weighted by Gasteiger charge is -2.25. The van der Waals surface area contributed by atoms with E-state index in [1.54, 1.807) is 72.9 Å². The van der Waals surface area contributed by atoms with E-state index in [2.05, 4.69) is 0 Å². The molecule has 0 bridgehead atoms. The zero-order chi connectivity index (χ0) is 31.7. The van der Waals surface area contributed by atoms with Gasteiger partial charge < -0.3 is 0 Å². The van der Waals surface area contributed by atoms with Crippen LogP contribution in [0, 0.1) is 0 Å². The first-order valence-electron chi connectivity index (χ1n) is 14.5. The molecule has 9 heteroatoms. The molecule has 0 aliphatic heterocycles. The van der Waals surface area contributed by atoms with Gasteiger partial charge in [-0.05, 0) is 58.7 Å². The second kappa shape index (κ2) is 11.8. The number of pyridine rings is 1. The summed E-state index contributed by atoms with van der Waals surface area (Å²) in [5, 5.41) is 0. The number of sulfonamides is 2. The van der Waals surface area contributed by atoms with Gasteiger partial charge in [-0.3, -0.25) is 4.40 Å². The third-order valence-electron chi connectivity index (χ3n) is 7.68. The quantitative estimate of drug-likeness (QED) is 0.168. The fraction of sp³-hybridized carbons (Fsp3) is 0. The fourth-order valence-electron chi connectivity index (χ4n) is 5.40. The first-order valence-corrected chi connectivity index (χ1v) is 17.4. The Morgan fingerprint density at radius 1 is 0.435 bits per heavy atom. The number of aromatic nitrogens is 2. The molecule has 7 aromatic rings. The molecule has 7 nitrogen and oxygen atoms in total. The highest BCUT2D eigenvalue weighted by Crippen LogP contribution is 2.39. The van der Waals surface area contributed by atoms with E-state index in [1.165, 1.54) is 28.7 Å². The van der Waals surface area contributed by atoms with Crippen molar-refractivity contribution in [1.82, 2.24) is 9.38 Å². The van der Waals surface area contributed by atoms with Gasteiger partial charge in [-0.25, -0.2) is 4.98 Å². The molecule has 2 heterocycles. The minimum atomic E-state index is -4.73. The van der Waals surface area contributed by atoms with Crippen LogP contribution in [-0.4, -0.2) is 26.2 Å².